The Morgan fingerprint density at radius 1 is 1.16 bits per heavy atom. The minimum Gasteiger partial charge on any atom is -0.507 e. The molecule has 3 aromatic rings. The molecular formula is C25H24Cl2N4O6. The quantitative estimate of drug-likeness (QED) is 0.455. The van der Waals surface area contributed by atoms with Crippen LogP contribution in [0.1, 0.15) is 42.5 Å². The van der Waals surface area contributed by atoms with E-state index in [1.54, 1.807) is 4.90 Å². The number of carbonyl (C=O) groups excluding carboxylic acids is 1. The molecule has 1 aliphatic heterocycles. The number of hydrogen-bond donors (Lipinski definition) is 3. The number of amides is 1. The van der Waals surface area contributed by atoms with Gasteiger partial charge in [-0.25, -0.2) is 4.79 Å². The maximum atomic E-state index is 13.4. The molecule has 2 aliphatic rings. The Morgan fingerprint density at radius 2 is 1.92 bits per heavy atom. The molecule has 1 amide bonds. The zero-order chi connectivity index (χ0) is 26.3. The van der Waals surface area contributed by atoms with E-state index in [0.717, 1.165) is 36.6 Å². The fourth-order valence-electron chi connectivity index (χ4n) is 5.27. The number of likely N-dealkylation sites (tertiary alicyclic amines) is 1. The first-order valence-electron chi connectivity index (χ1n) is 11.8. The van der Waals surface area contributed by atoms with Gasteiger partial charge in [0.05, 0.1) is 27.4 Å². The number of H-pyrrole nitrogens is 1. The van der Waals surface area contributed by atoms with Crippen LogP contribution in [-0.2, 0) is 0 Å². The van der Waals surface area contributed by atoms with E-state index in [1.165, 1.54) is 30.3 Å². The van der Waals surface area contributed by atoms with Gasteiger partial charge in [0, 0.05) is 13.1 Å². The van der Waals surface area contributed by atoms with Gasteiger partial charge in [0.2, 0.25) is 0 Å². The van der Waals surface area contributed by atoms with Crippen molar-refractivity contribution in [2.75, 3.05) is 13.1 Å². The summed E-state index contributed by atoms with van der Waals surface area (Å²) in [5, 5.41) is 24.4. The number of carbonyl (C=O) groups is 1. The van der Waals surface area contributed by atoms with Crippen LogP contribution in [0.5, 0.6) is 17.2 Å². The normalized spacial score (nSPS) is 21.4. The standard InChI is InChI=1S/C25H24Cl2N4O6/c26-18-8-14(31-24(36)29-21(34)12-28-31)9-19(27)22(18)37-16-2-3-20(33)17(10-16)23(35)30-7-1-5-25(13-30)6-4-15(32)11-25/h2-3,8-10,12,15,32-33H,1,4-7,11,13H2,(H,29,34,36)/t15-,25?/m1/s1. The number of piperidine rings is 1. The van der Waals surface area contributed by atoms with Crippen LogP contribution in [0, 0.1) is 5.41 Å². The Morgan fingerprint density at radius 3 is 2.59 bits per heavy atom. The van der Waals surface area contributed by atoms with Crippen LogP contribution in [0.25, 0.3) is 5.69 Å². The highest BCUT2D eigenvalue weighted by Gasteiger charge is 2.43. The summed E-state index contributed by atoms with van der Waals surface area (Å²) in [5.41, 5.74) is -1.19. The number of aromatic nitrogens is 3. The lowest BCUT2D eigenvalue weighted by molar-refractivity contribution is 0.0478. The minimum atomic E-state index is -0.762. The number of aromatic hydroxyl groups is 1. The van der Waals surface area contributed by atoms with Crippen molar-refractivity contribution in [3.8, 4) is 22.9 Å². The molecule has 2 fully saturated rings. The SMILES string of the molecule is O=C(c1cc(Oc2c(Cl)cc(-n3ncc(=O)[nH]c3=O)cc2Cl)ccc1O)N1CCCC2(CC[C@@H](O)C2)C1. The summed E-state index contributed by atoms with van der Waals surface area (Å²) in [7, 11) is 0. The highest BCUT2D eigenvalue weighted by Crippen LogP contribution is 2.45. The van der Waals surface area contributed by atoms with Gasteiger partial charge in [-0.15, -0.1) is 0 Å². The van der Waals surface area contributed by atoms with E-state index in [-0.39, 0.29) is 56.0 Å². The summed E-state index contributed by atoms with van der Waals surface area (Å²) in [4.78, 5) is 40.5. The first-order chi connectivity index (χ1) is 17.6. The number of aromatic amines is 1. The fourth-order valence-corrected chi connectivity index (χ4v) is 5.82. The number of nitrogens with one attached hydrogen (secondary N) is 1. The van der Waals surface area contributed by atoms with Crippen molar-refractivity contribution in [1.82, 2.24) is 19.7 Å². The molecule has 37 heavy (non-hydrogen) atoms. The van der Waals surface area contributed by atoms with Crippen LogP contribution >= 0.6 is 23.2 Å². The summed E-state index contributed by atoms with van der Waals surface area (Å²) < 4.78 is 6.80. The molecule has 3 N–H and O–H groups in total. The van der Waals surface area contributed by atoms with E-state index in [1.807, 2.05) is 0 Å². The number of ether oxygens (including phenoxy) is 1. The number of aliphatic hydroxyl groups is 1. The molecule has 5 rings (SSSR count). The van der Waals surface area contributed by atoms with Gasteiger partial charge in [-0.1, -0.05) is 23.2 Å². The van der Waals surface area contributed by atoms with Crippen molar-refractivity contribution >= 4 is 29.1 Å². The van der Waals surface area contributed by atoms with E-state index >= 15 is 0 Å². The lowest BCUT2D eigenvalue weighted by Crippen LogP contribution is -2.45. The second-order valence-corrected chi connectivity index (χ2v) is 10.4. The van der Waals surface area contributed by atoms with Crippen LogP contribution < -0.4 is 16.0 Å². The third-order valence-electron chi connectivity index (χ3n) is 6.98. The molecule has 1 aliphatic carbocycles. The predicted octanol–water partition coefficient (Wildman–Crippen LogP) is 3.49. The van der Waals surface area contributed by atoms with Crippen LogP contribution in [0.3, 0.4) is 0 Å². The first-order valence-corrected chi connectivity index (χ1v) is 12.6. The Labute approximate surface area is 221 Å². The van der Waals surface area contributed by atoms with E-state index in [9.17, 15) is 24.6 Å². The molecule has 1 spiro atoms. The van der Waals surface area contributed by atoms with Crippen molar-refractivity contribution in [1.29, 1.82) is 0 Å². The third kappa shape index (κ3) is 5.09. The number of halogens is 2. The van der Waals surface area contributed by atoms with Gasteiger partial charge >= 0.3 is 5.69 Å². The highest BCUT2D eigenvalue weighted by molar-refractivity contribution is 6.37. The van der Waals surface area contributed by atoms with E-state index in [4.69, 9.17) is 27.9 Å². The highest BCUT2D eigenvalue weighted by atomic mass is 35.5. The van der Waals surface area contributed by atoms with Crippen molar-refractivity contribution in [3.63, 3.8) is 0 Å². The smallest absolute Gasteiger partial charge is 0.349 e. The lowest BCUT2D eigenvalue weighted by Gasteiger charge is -2.40. The van der Waals surface area contributed by atoms with Crippen LogP contribution in [0.4, 0.5) is 0 Å². The lowest BCUT2D eigenvalue weighted by atomic mass is 9.78. The number of aliphatic hydroxyl groups excluding tert-OH is 1. The van der Waals surface area contributed by atoms with Gasteiger partial charge < -0.3 is 19.8 Å². The van der Waals surface area contributed by atoms with Gasteiger partial charge in [0.25, 0.3) is 11.5 Å². The molecule has 1 unspecified atom stereocenters. The van der Waals surface area contributed by atoms with Gasteiger partial charge in [-0.2, -0.15) is 9.78 Å². The van der Waals surface area contributed by atoms with Crippen LogP contribution in [-0.4, -0.2) is 55.0 Å². The predicted molar refractivity (Wildman–Crippen MR) is 136 cm³/mol. The molecule has 2 aromatic carbocycles. The Kier molecular flexibility index (Phi) is 6.74. The number of phenols is 1. The van der Waals surface area contributed by atoms with Crippen LogP contribution in [0.15, 0.2) is 46.1 Å². The summed E-state index contributed by atoms with van der Waals surface area (Å²) in [6.07, 6.45) is 4.71. The van der Waals surface area contributed by atoms with Gasteiger partial charge in [0.15, 0.2) is 5.75 Å². The summed E-state index contributed by atoms with van der Waals surface area (Å²) >= 11 is 12.8. The molecule has 0 radical (unpaired) electrons. The Hall–Kier alpha value is -3.34. The van der Waals surface area contributed by atoms with E-state index < -0.39 is 11.2 Å². The Balaban J connectivity index is 1.39. The molecule has 1 saturated heterocycles. The van der Waals surface area contributed by atoms with Gasteiger partial charge in [-0.05, 0) is 67.9 Å². The van der Waals surface area contributed by atoms with E-state index in [0.29, 0.717) is 19.5 Å². The summed E-state index contributed by atoms with van der Waals surface area (Å²) in [6.45, 7) is 1.10. The fraction of sp³-hybridized carbons (Fsp3) is 0.360. The summed E-state index contributed by atoms with van der Waals surface area (Å²) in [6, 6.07) is 7.06. The number of benzene rings is 2. The molecule has 1 aromatic heterocycles. The maximum absolute atomic E-state index is 13.4. The number of hydrogen-bond acceptors (Lipinski definition) is 7. The number of rotatable bonds is 4. The van der Waals surface area contributed by atoms with E-state index in [2.05, 4.69) is 10.1 Å². The van der Waals surface area contributed by atoms with Crippen molar-refractivity contribution < 1.29 is 19.7 Å². The summed E-state index contributed by atoms with van der Waals surface area (Å²) in [5.74, 6) is -0.204. The second-order valence-electron chi connectivity index (χ2n) is 9.60. The average Bonchev–Trinajstić information content (AvgIpc) is 3.20. The first kappa shape index (κ1) is 25.3. The van der Waals surface area contributed by atoms with Gasteiger partial charge in [-0.3, -0.25) is 14.6 Å². The minimum absolute atomic E-state index is 0.0566. The van der Waals surface area contributed by atoms with Crippen molar-refractivity contribution in [3.05, 3.63) is 73.0 Å². The maximum Gasteiger partial charge on any atom is 0.349 e. The number of nitrogens with zero attached hydrogens (tertiary/aromatic N) is 3. The molecule has 1 saturated carbocycles. The Bertz CT molecular complexity index is 1460. The van der Waals surface area contributed by atoms with Crippen LogP contribution in [0.2, 0.25) is 10.0 Å². The number of phenolic OH excluding ortho intramolecular Hbond substituents is 1. The monoisotopic (exact) mass is 546 g/mol. The molecule has 2 atom stereocenters. The average molecular weight is 547 g/mol. The second kappa shape index (κ2) is 9.85. The van der Waals surface area contributed by atoms with Crippen molar-refractivity contribution in [2.24, 2.45) is 5.41 Å². The molecule has 0 bridgehead atoms. The zero-order valence-corrected chi connectivity index (χ0v) is 21.1. The van der Waals surface area contributed by atoms with Gasteiger partial charge in [0.1, 0.15) is 17.7 Å². The molecule has 12 heteroatoms. The molecule has 10 nitrogen and oxygen atoms in total. The molecule has 194 valence electrons. The molecular weight excluding hydrogens is 523 g/mol. The largest absolute Gasteiger partial charge is 0.507 e. The zero-order valence-electron chi connectivity index (χ0n) is 19.6. The third-order valence-corrected chi connectivity index (χ3v) is 7.55. The molecule has 2 heterocycles. The topological polar surface area (TPSA) is 138 Å². The van der Waals surface area contributed by atoms with Crippen molar-refractivity contribution in [2.45, 2.75) is 38.2 Å².